The summed E-state index contributed by atoms with van der Waals surface area (Å²) in [5.74, 6) is -0.840. The fourth-order valence-corrected chi connectivity index (χ4v) is 1.74. The third-order valence-electron chi connectivity index (χ3n) is 2.72. The van der Waals surface area contributed by atoms with Gasteiger partial charge >= 0.3 is 5.69 Å². The molecule has 1 aromatic heterocycles. The van der Waals surface area contributed by atoms with Gasteiger partial charge in [0, 0.05) is 16.9 Å². The molecule has 3 N–H and O–H groups in total. The first-order valence-corrected chi connectivity index (χ1v) is 5.83. The molecule has 1 amide bonds. The number of nitrogens with one attached hydrogen (secondary N) is 3. The van der Waals surface area contributed by atoms with Crippen LogP contribution in [0.2, 0.25) is 0 Å². The molecule has 2 aromatic rings. The molecule has 7 heteroatoms. The number of H-pyrrole nitrogens is 2. The Morgan fingerprint density at radius 3 is 2.45 bits per heavy atom. The van der Waals surface area contributed by atoms with Crippen molar-refractivity contribution in [1.82, 2.24) is 9.97 Å². The zero-order valence-electron chi connectivity index (χ0n) is 10.6. The van der Waals surface area contributed by atoms with Crippen molar-refractivity contribution in [1.29, 1.82) is 0 Å². The lowest BCUT2D eigenvalue weighted by molar-refractivity contribution is -0.115. The summed E-state index contributed by atoms with van der Waals surface area (Å²) in [7, 11) is 0. The minimum Gasteiger partial charge on any atom is -0.326 e. The maximum Gasteiger partial charge on any atom is 0.325 e. The maximum atomic E-state index is 12.7. The number of anilines is 1. The smallest absolute Gasteiger partial charge is 0.325 e. The van der Waals surface area contributed by atoms with Gasteiger partial charge in [-0.25, -0.2) is 9.18 Å². The molecule has 0 aliphatic carbocycles. The number of carbonyl (C=O) groups excluding carboxylic acids is 1. The number of hydrogen-bond donors (Lipinski definition) is 3. The largest absolute Gasteiger partial charge is 0.326 e. The summed E-state index contributed by atoms with van der Waals surface area (Å²) in [6, 6.07) is 5.26. The molecular weight excluding hydrogens is 265 g/mol. The number of aromatic nitrogens is 2. The molecule has 1 heterocycles. The van der Waals surface area contributed by atoms with Gasteiger partial charge in [0.1, 0.15) is 5.82 Å². The van der Waals surface area contributed by atoms with E-state index in [-0.39, 0.29) is 12.0 Å². The second-order valence-corrected chi connectivity index (χ2v) is 4.24. The van der Waals surface area contributed by atoms with Crippen LogP contribution in [0.25, 0.3) is 0 Å². The van der Waals surface area contributed by atoms with E-state index in [0.717, 1.165) is 0 Å². The number of carbonyl (C=O) groups is 1. The first-order chi connectivity index (χ1) is 9.45. The standard InChI is InChI=1S/C13H12FN3O3/c1-7-10(12(19)17-13(20)15-7)6-11(18)16-9-4-2-8(14)3-5-9/h2-5H,6H2,1H3,(H,16,18)(H2,15,17,19,20). The molecule has 0 unspecified atom stereocenters. The highest BCUT2D eigenvalue weighted by Crippen LogP contribution is 2.09. The molecule has 104 valence electrons. The average Bonchev–Trinajstić information content (AvgIpc) is 2.36. The molecule has 0 radical (unpaired) electrons. The van der Waals surface area contributed by atoms with Gasteiger partial charge in [0.15, 0.2) is 0 Å². The Kier molecular flexibility index (Phi) is 3.79. The SMILES string of the molecule is Cc1[nH]c(=O)[nH]c(=O)c1CC(=O)Nc1ccc(F)cc1. The number of hydrogen-bond acceptors (Lipinski definition) is 3. The molecule has 0 aliphatic rings. The van der Waals surface area contributed by atoms with Crippen molar-refractivity contribution in [3.8, 4) is 0 Å². The second kappa shape index (κ2) is 5.52. The van der Waals surface area contributed by atoms with Crippen LogP contribution in [0.15, 0.2) is 33.9 Å². The Balaban J connectivity index is 2.14. The third kappa shape index (κ3) is 3.19. The van der Waals surface area contributed by atoms with Gasteiger partial charge in [-0.1, -0.05) is 0 Å². The molecular formula is C13H12FN3O3. The van der Waals surface area contributed by atoms with Crippen molar-refractivity contribution in [3.63, 3.8) is 0 Å². The van der Waals surface area contributed by atoms with Gasteiger partial charge < -0.3 is 10.3 Å². The number of aromatic amines is 2. The molecule has 20 heavy (non-hydrogen) atoms. The van der Waals surface area contributed by atoms with E-state index in [0.29, 0.717) is 11.4 Å². The number of halogens is 1. The minimum atomic E-state index is -0.616. The molecule has 0 saturated heterocycles. The number of benzene rings is 1. The van der Waals surface area contributed by atoms with E-state index in [1.807, 2.05) is 0 Å². The number of aryl methyl sites for hydroxylation is 1. The van der Waals surface area contributed by atoms with Crippen molar-refractivity contribution in [2.75, 3.05) is 5.32 Å². The van der Waals surface area contributed by atoms with Gasteiger partial charge in [-0.3, -0.25) is 14.6 Å². The highest BCUT2D eigenvalue weighted by Gasteiger charge is 2.11. The van der Waals surface area contributed by atoms with Crippen molar-refractivity contribution in [3.05, 3.63) is 62.2 Å². The molecule has 0 atom stereocenters. The van der Waals surface area contributed by atoms with Crippen LogP contribution in [-0.2, 0) is 11.2 Å². The molecule has 6 nitrogen and oxygen atoms in total. The Morgan fingerprint density at radius 2 is 1.85 bits per heavy atom. The van der Waals surface area contributed by atoms with Crippen LogP contribution in [0.5, 0.6) is 0 Å². The summed E-state index contributed by atoms with van der Waals surface area (Å²) in [5, 5.41) is 2.54. The van der Waals surface area contributed by atoms with Gasteiger partial charge in [0.25, 0.3) is 5.56 Å². The second-order valence-electron chi connectivity index (χ2n) is 4.24. The summed E-state index contributed by atoms with van der Waals surface area (Å²) in [4.78, 5) is 38.9. The Morgan fingerprint density at radius 1 is 1.20 bits per heavy atom. The van der Waals surface area contributed by atoms with E-state index in [1.54, 1.807) is 0 Å². The zero-order valence-corrected chi connectivity index (χ0v) is 10.6. The van der Waals surface area contributed by atoms with Crippen molar-refractivity contribution >= 4 is 11.6 Å². The minimum absolute atomic E-state index is 0.184. The van der Waals surface area contributed by atoms with E-state index in [9.17, 15) is 18.8 Å². The monoisotopic (exact) mass is 277 g/mol. The summed E-state index contributed by atoms with van der Waals surface area (Å²) in [5.41, 5.74) is -0.261. The van der Waals surface area contributed by atoms with Gasteiger partial charge in [0.2, 0.25) is 5.91 Å². The molecule has 1 aromatic carbocycles. The normalized spacial score (nSPS) is 10.3. The first-order valence-electron chi connectivity index (χ1n) is 5.83. The molecule has 0 bridgehead atoms. The van der Waals surface area contributed by atoms with Crippen LogP contribution in [0.4, 0.5) is 10.1 Å². The fourth-order valence-electron chi connectivity index (χ4n) is 1.74. The quantitative estimate of drug-likeness (QED) is 0.770. The Hall–Kier alpha value is -2.70. The fraction of sp³-hybridized carbons (Fsp3) is 0.154. The van der Waals surface area contributed by atoms with E-state index in [2.05, 4.69) is 15.3 Å². The first kappa shape index (κ1) is 13.7. The lowest BCUT2D eigenvalue weighted by atomic mass is 10.1. The maximum absolute atomic E-state index is 12.7. The van der Waals surface area contributed by atoms with E-state index in [4.69, 9.17) is 0 Å². The molecule has 0 fully saturated rings. The molecule has 0 spiro atoms. The van der Waals surface area contributed by atoms with Gasteiger partial charge in [-0.15, -0.1) is 0 Å². The number of rotatable bonds is 3. The highest BCUT2D eigenvalue weighted by molar-refractivity contribution is 5.92. The molecule has 0 saturated carbocycles. The van der Waals surface area contributed by atoms with Crippen LogP contribution >= 0.6 is 0 Å². The van der Waals surface area contributed by atoms with Gasteiger partial charge in [-0.05, 0) is 31.2 Å². The predicted octanol–water partition coefficient (Wildman–Crippen LogP) is 0.692. The van der Waals surface area contributed by atoms with Crippen LogP contribution in [0.3, 0.4) is 0 Å². The summed E-state index contributed by atoms with van der Waals surface area (Å²) >= 11 is 0. The van der Waals surface area contributed by atoms with Crippen LogP contribution in [0.1, 0.15) is 11.3 Å². The Bertz CT molecular complexity index is 747. The Labute approximate surface area is 112 Å². The van der Waals surface area contributed by atoms with Gasteiger partial charge in [-0.2, -0.15) is 0 Å². The molecule has 0 aliphatic heterocycles. The number of amides is 1. The van der Waals surface area contributed by atoms with Crippen molar-refractivity contribution < 1.29 is 9.18 Å². The average molecular weight is 277 g/mol. The van der Waals surface area contributed by atoms with Crippen molar-refractivity contribution in [2.45, 2.75) is 13.3 Å². The summed E-state index contributed by atoms with van der Waals surface area (Å²) < 4.78 is 12.7. The van der Waals surface area contributed by atoms with E-state index >= 15 is 0 Å². The topological polar surface area (TPSA) is 94.8 Å². The summed E-state index contributed by atoms with van der Waals surface area (Å²) in [6.45, 7) is 1.54. The van der Waals surface area contributed by atoms with Crippen molar-refractivity contribution in [2.24, 2.45) is 0 Å². The highest BCUT2D eigenvalue weighted by atomic mass is 19.1. The van der Waals surface area contributed by atoms with Crippen LogP contribution in [0, 0.1) is 12.7 Å². The molecule has 2 rings (SSSR count). The zero-order chi connectivity index (χ0) is 14.7. The van der Waals surface area contributed by atoms with E-state index in [1.165, 1.54) is 31.2 Å². The van der Waals surface area contributed by atoms with E-state index < -0.39 is 23.0 Å². The van der Waals surface area contributed by atoms with Crippen LogP contribution < -0.4 is 16.6 Å². The van der Waals surface area contributed by atoms with Crippen LogP contribution in [-0.4, -0.2) is 15.9 Å². The lowest BCUT2D eigenvalue weighted by Gasteiger charge is -2.06. The lowest BCUT2D eigenvalue weighted by Crippen LogP contribution is -2.29. The predicted molar refractivity (Wildman–Crippen MR) is 71.2 cm³/mol. The summed E-state index contributed by atoms with van der Waals surface area (Å²) in [6.07, 6.45) is -0.185. The third-order valence-corrected chi connectivity index (χ3v) is 2.72. The van der Waals surface area contributed by atoms with Gasteiger partial charge in [0.05, 0.1) is 6.42 Å².